The molecule has 0 fully saturated rings. The summed E-state index contributed by atoms with van der Waals surface area (Å²) in [4.78, 5) is 19.7. The molecule has 0 radical (unpaired) electrons. The Labute approximate surface area is 157 Å². The van der Waals surface area contributed by atoms with E-state index in [1.165, 1.54) is 17.3 Å². The predicted octanol–water partition coefficient (Wildman–Crippen LogP) is 4.51. The average Bonchev–Trinajstić information content (AvgIpc) is 3.11. The molecule has 3 rings (SSSR count). The minimum atomic E-state index is -0.0764. The summed E-state index contributed by atoms with van der Waals surface area (Å²) in [7, 11) is 0. The lowest BCUT2D eigenvalue weighted by Gasteiger charge is -2.06. The van der Waals surface area contributed by atoms with Crippen LogP contribution < -0.4 is 10.1 Å². The number of nitrogens with one attached hydrogen (secondary N) is 2. The summed E-state index contributed by atoms with van der Waals surface area (Å²) in [5, 5.41) is 3.59. The Morgan fingerprint density at radius 3 is 2.58 bits per heavy atom. The first-order valence-corrected chi connectivity index (χ1v) is 9.40. The second-order valence-corrected chi connectivity index (χ2v) is 6.73. The molecule has 1 heterocycles. The highest BCUT2D eigenvalue weighted by atomic mass is 32.2. The van der Waals surface area contributed by atoms with Gasteiger partial charge in [0.05, 0.1) is 24.3 Å². The van der Waals surface area contributed by atoms with E-state index in [0.717, 1.165) is 27.9 Å². The van der Waals surface area contributed by atoms with Crippen LogP contribution in [0.5, 0.6) is 5.75 Å². The molecule has 6 heteroatoms. The van der Waals surface area contributed by atoms with E-state index >= 15 is 0 Å². The number of thioether (sulfide) groups is 1. The first-order valence-electron chi connectivity index (χ1n) is 8.41. The van der Waals surface area contributed by atoms with Crippen molar-refractivity contribution >= 4 is 23.4 Å². The molecule has 26 heavy (non-hydrogen) atoms. The van der Waals surface area contributed by atoms with Crippen molar-refractivity contribution in [1.29, 1.82) is 0 Å². The summed E-state index contributed by atoms with van der Waals surface area (Å²) in [6, 6.07) is 15.6. The zero-order valence-corrected chi connectivity index (χ0v) is 15.6. The molecule has 2 aromatic carbocycles. The number of aromatic amines is 1. The van der Waals surface area contributed by atoms with Crippen LogP contribution in [0.1, 0.15) is 12.5 Å². The second-order valence-electron chi connectivity index (χ2n) is 5.76. The summed E-state index contributed by atoms with van der Waals surface area (Å²) in [5.41, 5.74) is 3.99. The third-order valence-corrected chi connectivity index (χ3v) is 4.59. The maximum Gasteiger partial charge on any atom is 0.234 e. The molecule has 0 aliphatic carbocycles. The number of nitrogens with zero attached hydrogens (tertiary/aromatic N) is 1. The summed E-state index contributed by atoms with van der Waals surface area (Å²) < 4.78 is 5.39. The first-order chi connectivity index (χ1) is 12.6. The van der Waals surface area contributed by atoms with Crippen molar-refractivity contribution in [3.05, 3.63) is 60.3 Å². The molecule has 2 N–H and O–H groups in total. The van der Waals surface area contributed by atoms with E-state index in [1.807, 2.05) is 31.2 Å². The summed E-state index contributed by atoms with van der Waals surface area (Å²) in [6.45, 7) is 4.61. The molecule has 0 atom stereocenters. The Bertz CT molecular complexity index is 858. The van der Waals surface area contributed by atoms with E-state index in [-0.39, 0.29) is 11.7 Å². The molecule has 1 amide bonds. The molecule has 3 aromatic rings. The third-order valence-electron chi connectivity index (χ3n) is 3.70. The lowest BCUT2D eigenvalue weighted by Crippen LogP contribution is -2.14. The lowest BCUT2D eigenvalue weighted by molar-refractivity contribution is -0.113. The van der Waals surface area contributed by atoms with Gasteiger partial charge in [0.1, 0.15) is 5.75 Å². The number of imidazole rings is 1. The number of aromatic nitrogens is 2. The fourth-order valence-corrected chi connectivity index (χ4v) is 3.04. The molecule has 0 unspecified atom stereocenters. The van der Waals surface area contributed by atoms with E-state index in [9.17, 15) is 4.79 Å². The fraction of sp³-hybridized carbons (Fsp3) is 0.200. The van der Waals surface area contributed by atoms with Crippen LogP contribution >= 0.6 is 11.8 Å². The first kappa shape index (κ1) is 18.1. The molecule has 1 aromatic heterocycles. The monoisotopic (exact) mass is 367 g/mol. The van der Waals surface area contributed by atoms with Gasteiger partial charge in [0.2, 0.25) is 5.91 Å². The van der Waals surface area contributed by atoms with Gasteiger partial charge in [0.25, 0.3) is 0 Å². The van der Waals surface area contributed by atoms with Gasteiger partial charge in [-0.3, -0.25) is 4.79 Å². The minimum Gasteiger partial charge on any atom is -0.494 e. The summed E-state index contributed by atoms with van der Waals surface area (Å²) >= 11 is 1.37. The highest BCUT2D eigenvalue weighted by Gasteiger charge is 2.08. The maximum atomic E-state index is 12.1. The standard InChI is InChI=1S/C20H21N3O2S/c1-3-25-17-10-8-16(9-11-17)22-19(24)13-26-20-21-12-18(23-20)15-6-4-14(2)5-7-15/h4-12H,3,13H2,1-2H3,(H,21,23)(H,22,24). The molecule has 134 valence electrons. The van der Waals surface area contributed by atoms with E-state index in [0.29, 0.717) is 6.61 Å². The van der Waals surface area contributed by atoms with Crippen molar-refractivity contribution in [3.63, 3.8) is 0 Å². The SMILES string of the molecule is CCOc1ccc(NC(=O)CSc2ncc(-c3ccc(C)cc3)[nH]2)cc1. The average molecular weight is 367 g/mol. The number of aryl methyl sites for hydroxylation is 1. The van der Waals surface area contributed by atoms with Gasteiger partial charge in [-0.1, -0.05) is 41.6 Å². The molecule has 5 nitrogen and oxygen atoms in total. The number of H-pyrrole nitrogens is 1. The third kappa shape index (κ3) is 4.89. The van der Waals surface area contributed by atoms with Crippen molar-refractivity contribution in [2.24, 2.45) is 0 Å². The number of hydrogen-bond acceptors (Lipinski definition) is 4. The molecule has 0 bridgehead atoms. The van der Waals surface area contributed by atoms with Gasteiger partial charge in [-0.05, 0) is 43.7 Å². The zero-order valence-electron chi connectivity index (χ0n) is 14.8. The van der Waals surface area contributed by atoms with Crippen LogP contribution in [-0.4, -0.2) is 28.2 Å². The number of rotatable bonds is 7. The van der Waals surface area contributed by atoms with E-state index in [2.05, 4.69) is 46.5 Å². The number of ether oxygens (including phenoxy) is 1. The quantitative estimate of drug-likeness (QED) is 0.603. The van der Waals surface area contributed by atoms with Crippen molar-refractivity contribution in [3.8, 4) is 17.0 Å². The number of anilines is 1. The molecular weight excluding hydrogens is 346 g/mol. The number of amides is 1. The number of benzene rings is 2. The molecule has 0 spiro atoms. The fourth-order valence-electron chi connectivity index (χ4n) is 2.39. The second kappa shape index (κ2) is 8.58. The lowest BCUT2D eigenvalue weighted by atomic mass is 10.1. The number of carbonyl (C=O) groups is 1. The Morgan fingerprint density at radius 1 is 1.15 bits per heavy atom. The number of hydrogen-bond donors (Lipinski definition) is 2. The largest absolute Gasteiger partial charge is 0.494 e. The van der Waals surface area contributed by atoms with Gasteiger partial charge in [-0.15, -0.1) is 0 Å². The topological polar surface area (TPSA) is 67.0 Å². The highest BCUT2D eigenvalue weighted by molar-refractivity contribution is 7.99. The van der Waals surface area contributed by atoms with Crippen molar-refractivity contribution < 1.29 is 9.53 Å². The normalized spacial score (nSPS) is 10.5. The van der Waals surface area contributed by atoms with Gasteiger partial charge in [0.15, 0.2) is 5.16 Å². The van der Waals surface area contributed by atoms with Crippen LogP contribution in [-0.2, 0) is 4.79 Å². The molecular formula is C20H21N3O2S. The Balaban J connectivity index is 1.52. The highest BCUT2D eigenvalue weighted by Crippen LogP contribution is 2.22. The van der Waals surface area contributed by atoms with Crippen molar-refractivity contribution in [2.75, 3.05) is 17.7 Å². The molecule has 0 saturated heterocycles. The van der Waals surface area contributed by atoms with Crippen LogP contribution in [0.25, 0.3) is 11.3 Å². The van der Waals surface area contributed by atoms with Gasteiger partial charge in [-0.2, -0.15) is 0 Å². The van der Waals surface area contributed by atoms with Gasteiger partial charge in [-0.25, -0.2) is 4.98 Å². The maximum absolute atomic E-state index is 12.1. The van der Waals surface area contributed by atoms with Crippen LogP contribution in [0.4, 0.5) is 5.69 Å². The Hall–Kier alpha value is -2.73. The molecule has 0 saturated carbocycles. The Morgan fingerprint density at radius 2 is 1.88 bits per heavy atom. The van der Waals surface area contributed by atoms with Crippen LogP contribution in [0.2, 0.25) is 0 Å². The van der Waals surface area contributed by atoms with Crippen LogP contribution in [0.15, 0.2) is 59.9 Å². The zero-order chi connectivity index (χ0) is 18.4. The summed E-state index contributed by atoms with van der Waals surface area (Å²) in [5.74, 6) is 1.00. The smallest absolute Gasteiger partial charge is 0.234 e. The molecule has 0 aliphatic heterocycles. The van der Waals surface area contributed by atoms with Crippen molar-refractivity contribution in [1.82, 2.24) is 9.97 Å². The van der Waals surface area contributed by atoms with Crippen LogP contribution in [0.3, 0.4) is 0 Å². The summed E-state index contributed by atoms with van der Waals surface area (Å²) in [6.07, 6.45) is 1.79. The predicted molar refractivity (Wildman–Crippen MR) is 106 cm³/mol. The van der Waals surface area contributed by atoms with Crippen LogP contribution in [0, 0.1) is 6.92 Å². The molecule has 0 aliphatic rings. The Kier molecular flexibility index (Phi) is 5.96. The van der Waals surface area contributed by atoms with Gasteiger partial charge < -0.3 is 15.0 Å². The van der Waals surface area contributed by atoms with Gasteiger partial charge >= 0.3 is 0 Å². The number of carbonyl (C=O) groups excluding carboxylic acids is 1. The van der Waals surface area contributed by atoms with E-state index < -0.39 is 0 Å². The van der Waals surface area contributed by atoms with E-state index in [1.54, 1.807) is 6.20 Å². The van der Waals surface area contributed by atoms with Crippen molar-refractivity contribution in [2.45, 2.75) is 19.0 Å². The van der Waals surface area contributed by atoms with Gasteiger partial charge in [0, 0.05) is 5.69 Å². The van der Waals surface area contributed by atoms with E-state index in [4.69, 9.17) is 4.74 Å². The minimum absolute atomic E-state index is 0.0764.